The summed E-state index contributed by atoms with van der Waals surface area (Å²) < 4.78 is 60.9. The lowest BCUT2D eigenvalue weighted by atomic mass is 9.95. The predicted molar refractivity (Wildman–Crippen MR) is 142 cm³/mol. The minimum Gasteiger partial charge on any atom is -0.507 e. The Morgan fingerprint density at radius 3 is 2.35 bits per heavy atom. The molecule has 37 heavy (non-hydrogen) atoms. The Morgan fingerprint density at radius 1 is 1.00 bits per heavy atom. The third-order valence-electron chi connectivity index (χ3n) is 6.45. The number of benzene rings is 3. The number of phenolic OH excluding ortho intramolecular Hbond substituents is 1. The van der Waals surface area contributed by atoms with E-state index in [0.717, 1.165) is 44.2 Å². The highest BCUT2D eigenvalue weighted by atomic mass is 35.5. The fourth-order valence-electron chi connectivity index (χ4n) is 4.63. The van der Waals surface area contributed by atoms with Crippen LogP contribution in [-0.4, -0.2) is 43.4 Å². The summed E-state index contributed by atoms with van der Waals surface area (Å²) in [4.78, 5) is -0.464. The molecule has 1 fully saturated rings. The van der Waals surface area contributed by atoms with Crippen molar-refractivity contribution in [3.63, 3.8) is 0 Å². The van der Waals surface area contributed by atoms with Gasteiger partial charge in [-0.15, -0.1) is 10.2 Å². The normalized spacial score (nSPS) is 15.7. The number of aromatic hydroxyl groups is 1. The molecule has 0 aromatic heterocycles. The monoisotopic (exact) mass is 566 g/mol. The smallest absolute Gasteiger partial charge is 0.294 e. The molecule has 1 aliphatic carbocycles. The van der Waals surface area contributed by atoms with Gasteiger partial charge in [0.05, 0.1) is 25.9 Å². The molecule has 4 N–H and O–H groups in total. The molecule has 13 heteroatoms. The molecule has 3 aromatic carbocycles. The van der Waals surface area contributed by atoms with Crippen molar-refractivity contribution in [3.05, 3.63) is 47.5 Å². The minimum atomic E-state index is -4.56. The Balaban J connectivity index is 1.75. The second-order valence-electron chi connectivity index (χ2n) is 8.83. The minimum absolute atomic E-state index is 0.0265. The molecule has 4 rings (SSSR count). The van der Waals surface area contributed by atoms with Gasteiger partial charge in [0, 0.05) is 18.7 Å². The molecule has 10 nitrogen and oxygen atoms in total. The van der Waals surface area contributed by atoms with Gasteiger partial charge in [0.25, 0.3) is 10.1 Å². The molecule has 0 atom stereocenters. The molecule has 3 aromatic rings. The van der Waals surface area contributed by atoms with Gasteiger partial charge in [-0.2, -0.15) is 12.7 Å². The quantitative estimate of drug-likeness (QED) is 0.185. The summed E-state index contributed by atoms with van der Waals surface area (Å²) in [5.41, 5.74) is 6.28. The largest absolute Gasteiger partial charge is 0.507 e. The van der Waals surface area contributed by atoms with E-state index in [0.29, 0.717) is 6.54 Å². The highest BCUT2D eigenvalue weighted by Crippen LogP contribution is 2.41. The molecular weight excluding hydrogens is 540 g/mol. The van der Waals surface area contributed by atoms with Crippen LogP contribution in [0.3, 0.4) is 0 Å². The summed E-state index contributed by atoms with van der Waals surface area (Å²) in [5.74, 6) is -0.486. The zero-order valence-electron chi connectivity index (χ0n) is 20.0. The van der Waals surface area contributed by atoms with E-state index in [4.69, 9.17) is 17.3 Å². The number of anilines is 1. The van der Waals surface area contributed by atoms with Crippen molar-refractivity contribution in [3.8, 4) is 5.75 Å². The first-order valence-electron chi connectivity index (χ1n) is 11.7. The Hall–Kier alpha value is -2.77. The number of halogens is 1. The third kappa shape index (κ3) is 5.58. The first-order valence-corrected chi connectivity index (χ1v) is 14.9. The van der Waals surface area contributed by atoms with Crippen LogP contribution < -0.4 is 5.73 Å². The zero-order valence-corrected chi connectivity index (χ0v) is 22.4. The Bertz CT molecular complexity index is 1590. The maximum atomic E-state index is 13.5. The topological polar surface area (TPSA) is 163 Å². The maximum Gasteiger partial charge on any atom is 0.294 e. The summed E-state index contributed by atoms with van der Waals surface area (Å²) >= 11 is 6.30. The number of hydrogen-bond donors (Lipinski definition) is 3. The van der Waals surface area contributed by atoms with E-state index in [1.165, 1.54) is 34.6 Å². The number of sulfonamides is 1. The molecule has 0 saturated heterocycles. The van der Waals surface area contributed by atoms with Crippen molar-refractivity contribution in [1.82, 2.24) is 4.31 Å². The Labute approximate surface area is 220 Å². The van der Waals surface area contributed by atoms with E-state index in [2.05, 4.69) is 10.2 Å². The van der Waals surface area contributed by atoms with Crippen LogP contribution in [0.15, 0.2) is 62.5 Å². The number of nitrogens with zero attached hydrogens (tertiary/aromatic N) is 3. The first kappa shape index (κ1) is 27.3. The summed E-state index contributed by atoms with van der Waals surface area (Å²) in [6.07, 6.45) is 4.71. The molecule has 0 unspecified atom stereocenters. The van der Waals surface area contributed by atoms with Crippen LogP contribution in [0.5, 0.6) is 5.75 Å². The summed E-state index contributed by atoms with van der Waals surface area (Å²) in [6.45, 7) is 2.15. The molecule has 0 radical (unpaired) electrons. The fraction of sp³-hybridized carbons (Fsp3) is 0.333. The molecule has 1 aliphatic rings. The molecule has 0 bridgehead atoms. The van der Waals surface area contributed by atoms with Crippen LogP contribution in [0.1, 0.15) is 39.0 Å². The maximum absolute atomic E-state index is 13.5. The van der Waals surface area contributed by atoms with Crippen molar-refractivity contribution < 1.29 is 26.5 Å². The molecule has 198 valence electrons. The number of rotatable bonds is 7. The SMILES string of the molecule is CCN(C1CCCCC1)S(=O)(=O)c1ccc(Cl)c(N=Nc2c(N)ccc3cc(S(=O)(=O)O)cc(O)c23)c1. The van der Waals surface area contributed by atoms with Gasteiger partial charge >= 0.3 is 0 Å². The van der Waals surface area contributed by atoms with Crippen molar-refractivity contribution in [1.29, 1.82) is 0 Å². The van der Waals surface area contributed by atoms with Gasteiger partial charge in [-0.3, -0.25) is 4.55 Å². The van der Waals surface area contributed by atoms with E-state index in [1.807, 2.05) is 6.92 Å². The number of hydrogen-bond acceptors (Lipinski definition) is 8. The lowest BCUT2D eigenvalue weighted by molar-refractivity contribution is 0.261. The second kappa shape index (κ2) is 10.5. The van der Waals surface area contributed by atoms with Gasteiger partial charge < -0.3 is 10.8 Å². The van der Waals surface area contributed by atoms with E-state index in [-0.39, 0.29) is 43.8 Å². The van der Waals surface area contributed by atoms with Gasteiger partial charge in [-0.05, 0) is 48.6 Å². The van der Waals surface area contributed by atoms with Crippen LogP contribution in [-0.2, 0) is 20.1 Å². The predicted octanol–water partition coefficient (Wildman–Crippen LogP) is 5.79. The van der Waals surface area contributed by atoms with Crippen molar-refractivity contribution in [2.75, 3.05) is 12.3 Å². The third-order valence-corrected chi connectivity index (χ3v) is 9.62. The van der Waals surface area contributed by atoms with Gasteiger partial charge in [0.1, 0.15) is 17.1 Å². The molecular formula is C24H27ClN4O6S2. The van der Waals surface area contributed by atoms with E-state index < -0.39 is 30.8 Å². The van der Waals surface area contributed by atoms with Gasteiger partial charge in [-0.25, -0.2) is 8.42 Å². The van der Waals surface area contributed by atoms with Crippen LogP contribution in [0, 0.1) is 0 Å². The molecule has 0 amide bonds. The lowest BCUT2D eigenvalue weighted by Gasteiger charge is -2.32. The number of fused-ring (bicyclic) bond motifs is 1. The van der Waals surface area contributed by atoms with Crippen LogP contribution in [0.25, 0.3) is 10.8 Å². The van der Waals surface area contributed by atoms with E-state index >= 15 is 0 Å². The lowest BCUT2D eigenvalue weighted by Crippen LogP contribution is -2.41. The average Bonchev–Trinajstić information content (AvgIpc) is 2.84. The van der Waals surface area contributed by atoms with Crippen molar-refractivity contribution in [2.24, 2.45) is 10.2 Å². The fourth-order valence-corrected chi connectivity index (χ4v) is 7.04. The average molecular weight is 567 g/mol. The van der Waals surface area contributed by atoms with Crippen LogP contribution in [0.2, 0.25) is 5.02 Å². The number of nitrogens with two attached hydrogens (primary N) is 1. The number of phenols is 1. The summed E-state index contributed by atoms with van der Waals surface area (Å²) in [7, 11) is -8.37. The van der Waals surface area contributed by atoms with Gasteiger partial charge in [-0.1, -0.05) is 43.9 Å². The molecule has 0 spiro atoms. The Kier molecular flexibility index (Phi) is 7.77. The van der Waals surface area contributed by atoms with Crippen LogP contribution in [0.4, 0.5) is 17.1 Å². The first-order chi connectivity index (χ1) is 17.4. The Morgan fingerprint density at radius 2 is 1.70 bits per heavy atom. The standard InChI is InChI=1S/C24H27ClN4O6S2/c1-2-29(16-6-4-3-5-7-16)36(31,32)17-9-10-19(25)21(13-17)27-28-24-20(26)11-8-15-12-18(37(33,34)35)14-22(30)23(15)24/h8-14,16,30H,2-7,26H2,1H3,(H,33,34,35). The van der Waals surface area contributed by atoms with E-state index in [9.17, 15) is 26.5 Å². The van der Waals surface area contributed by atoms with Crippen LogP contribution >= 0.6 is 11.6 Å². The summed E-state index contributed by atoms with van der Waals surface area (Å²) in [6, 6.07) is 9.07. The number of nitrogen functional groups attached to an aromatic ring is 1. The molecule has 1 saturated carbocycles. The van der Waals surface area contributed by atoms with Crippen molar-refractivity contribution >= 4 is 59.6 Å². The summed E-state index contributed by atoms with van der Waals surface area (Å²) in [5, 5.41) is 19.2. The van der Waals surface area contributed by atoms with Gasteiger partial charge in [0.2, 0.25) is 10.0 Å². The zero-order chi connectivity index (χ0) is 27.0. The highest BCUT2D eigenvalue weighted by Gasteiger charge is 2.31. The van der Waals surface area contributed by atoms with Crippen molar-refractivity contribution in [2.45, 2.75) is 54.9 Å². The molecule has 0 heterocycles. The highest BCUT2D eigenvalue weighted by molar-refractivity contribution is 7.89. The van der Waals surface area contributed by atoms with Gasteiger partial charge in [0.15, 0.2) is 0 Å². The molecule has 0 aliphatic heterocycles. The second-order valence-corrected chi connectivity index (χ2v) is 12.6. The van der Waals surface area contributed by atoms with E-state index in [1.54, 1.807) is 0 Å². The number of azo groups is 1.